The predicted octanol–water partition coefficient (Wildman–Crippen LogP) is 4.41. The molecule has 3 heterocycles. The molecule has 0 N–H and O–H groups in total. The third-order valence-electron chi connectivity index (χ3n) is 6.36. The van der Waals surface area contributed by atoms with Gasteiger partial charge in [0.2, 0.25) is 0 Å². The molecule has 0 saturated heterocycles. The Kier molecular flexibility index (Phi) is 9.01. The summed E-state index contributed by atoms with van der Waals surface area (Å²) < 4.78 is 25.3. The van der Waals surface area contributed by atoms with Gasteiger partial charge in [-0.25, -0.2) is 9.79 Å². The zero-order valence-corrected chi connectivity index (χ0v) is 25.3. The van der Waals surface area contributed by atoms with Crippen LogP contribution >= 0.6 is 27.3 Å². The maximum atomic E-state index is 13.9. The highest BCUT2D eigenvalue weighted by atomic mass is 79.9. The number of fused-ring (bicyclic) bond motifs is 1. The Morgan fingerprint density at radius 3 is 2.56 bits per heavy atom. The first kappa shape index (κ1) is 28.7. The number of nitrogens with zero attached hydrogens (tertiary/aromatic N) is 3. The molecular formula is C28H32BrN3O6S. The smallest absolute Gasteiger partial charge is 0.338 e. The molecule has 0 radical (unpaired) electrons. The van der Waals surface area contributed by atoms with Gasteiger partial charge in [-0.1, -0.05) is 27.3 Å². The minimum atomic E-state index is -0.802. The molecule has 0 unspecified atom stereocenters. The van der Waals surface area contributed by atoms with E-state index in [1.54, 1.807) is 39.2 Å². The van der Waals surface area contributed by atoms with Crippen molar-refractivity contribution in [2.45, 2.75) is 40.7 Å². The molecule has 0 amide bonds. The lowest BCUT2D eigenvalue weighted by Gasteiger charge is -2.26. The molecule has 39 heavy (non-hydrogen) atoms. The van der Waals surface area contributed by atoms with Crippen molar-refractivity contribution in [2.24, 2.45) is 4.99 Å². The Labute approximate surface area is 239 Å². The number of ether oxygens (including phenoxy) is 3. The maximum Gasteiger partial charge on any atom is 0.338 e. The van der Waals surface area contributed by atoms with Crippen LogP contribution in [0, 0.1) is 0 Å². The van der Waals surface area contributed by atoms with E-state index < -0.39 is 12.0 Å². The summed E-state index contributed by atoms with van der Waals surface area (Å²) in [4.78, 5) is 34.3. The van der Waals surface area contributed by atoms with Gasteiger partial charge in [-0.15, -0.1) is 0 Å². The molecule has 4 rings (SSSR count). The van der Waals surface area contributed by atoms with Gasteiger partial charge in [0.15, 0.2) is 22.2 Å². The van der Waals surface area contributed by atoms with Crippen LogP contribution in [0.2, 0.25) is 0 Å². The van der Waals surface area contributed by atoms with Gasteiger partial charge >= 0.3 is 5.97 Å². The van der Waals surface area contributed by atoms with E-state index in [0.717, 1.165) is 19.0 Å². The maximum absolute atomic E-state index is 13.9. The van der Waals surface area contributed by atoms with Gasteiger partial charge in [-0.05, 0) is 58.4 Å². The number of thiazole rings is 1. The summed E-state index contributed by atoms with van der Waals surface area (Å²) in [5.41, 5.74) is 1.11. The van der Waals surface area contributed by atoms with Crippen molar-refractivity contribution < 1.29 is 23.4 Å². The van der Waals surface area contributed by atoms with Crippen LogP contribution in [-0.4, -0.2) is 43.9 Å². The topological polar surface area (TPSA) is 95.5 Å². The second kappa shape index (κ2) is 12.3. The number of carbonyl (C=O) groups excluding carboxylic acids is 1. The van der Waals surface area contributed by atoms with Crippen LogP contribution in [0.15, 0.2) is 54.2 Å². The number of hydrogen-bond donors (Lipinski definition) is 0. The molecule has 3 aromatic rings. The second-order valence-corrected chi connectivity index (χ2v) is 10.5. The Balaban J connectivity index is 1.93. The predicted molar refractivity (Wildman–Crippen MR) is 155 cm³/mol. The summed E-state index contributed by atoms with van der Waals surface area (Å²) in [7, 11) is 1.55. The fourth-order valence-electron chi connectivity index (χ4n) is 4.53. The van der Waals surface area contributed by atoms with E-state index in [4.69, 9.17) is 18.6 Å². The van der Waals surface area contributed by atoms with Crippen molar-refractivity contribution in [3.63, 3.8) is 0 Å². The molecule has 0 saturated carbocycles. The number of benzene rings is 1. The van der Waals surface area contributed by atoms with E-state index in [-0.39, 0.29) is 17.7 Å². The summed E-state index contributed by atoms with van der Waals surface area (Å²) >= 11 is 4.88. The SMILES string of the molecule is CCOC(=O)C1=C(C)N=c2s/c(=C/c3ccc(N(CC)CC)o3)c(=O)n2[C@H]1c1cc(OC)c(OCC)cc1Br. The number of methoxy groups -OCH3 is 1. The van der Waals surface area contributed by atoms with Crippen LogP contribution in [0.1, 0.15) is 52.0 Å². The van der Waals surface area contributed by atoms with Crippen molar-refractivity contribution in [2.75, 3.05) is 38.3 Å². The van der Waals surface area contributed by atoms with Crippen LogP contribution in [-0.2, 0) is 9.53 Å². The van der Waals surface area contributed by atoms with E-state index in [9.17, 15) is 9.59 Å². The van der Waals surface area contributed by atoms with E-state index in [0.29, 0.717) is 48.9 Å². The molecule has 9 nitrogen and oxygen atoms in total. The summed E-state index contributed by atoms with van der Waals surface area (Å²) in [6.07, 6.45) is 1.71. The van der Waals surface area contributed by atoms with Crippen LogP contribution in [0.25, 0.3) is 6.08 Å². The van der Waals surface area contributed by atoms with Gasteiger partial charge < -0.3 is 23.5 Å². The molecule has 1 aromatic carbocycles. The normalized spacial score (nSPS) is 15.2. The fraction of sp³-hybridized carbons (Fsp3) is 0.393. The second-order valence-electron chi connectivity index (χ2n) is 8.61. The van der Waals surface area contributed by atoms with Gasteiger partial charge in [-0.3, -0.25) is 9.36 Å². The molecule has 208 valence electrons. The highest BCUT2D eigenvalue weighted by Crippen LogP contribution is 2.41. The van der Waals surface area contributed by atoms with Gasteiger partial charge in [-0.2, -0.15) is 0 Å². The number of carbonyl (C=O) groups is 1. The Hall–Kier alpha value is -3.31. The number of hydrogen-bond acceptors (Lipinski definition) is 9. The zero-order chi connectivity index (χ0) is 28.3. The first-order valence-electron chi connectivity index (χ1n) is 12.8. The standard InChI is InChI=1S/C28H32BrN3O6S/c1-7-31(8-2)23-12-11-17(38-23)13-22-26(33)32-25(18-14-20(35-6)21(36-9-3)15-19(18)29)24(27(34)37-10-4)16(5)30-28(32)39-22/h11-15,25H,7-10H2,1-6H3/b22-13+/t25-/m0/s1. The third kappa shape index (κ3) is 5.56. The Morgan fingerprint density at radius 1 is 1.18 bits per heavy atom. The highest BCUT2D eigenvalue weighted by molar-refractivity contribution is 9.10. The van der Waals surface area contributed by atoms with Crippen molar-refractivity contribution in [1.82, 2.24) is 4.57 Å². The molecule has 1 aliphatic rings. The van der Waals surface area contributed by atoms with E-state index >= 15 is 0 Å². The van der Waals surface area contributed by atoms with Gasteiger partial charge in [0.1, 0.15) is 5.76 Å². The van der Waals surface area contributed by atoms with Gasteiger partial charge in [0.05, 0.1) is 42.2 Å². The molecule has 1 aliphatic heterocycles. The number of anilines is 1. The van der Waals surface area contributed by atoms with Crippen molar-refractivity contribution in [3.8, 4) is 11.5 Å². The van der Waals surface area contributed by atoms with Gasteiger partial charge in [0, 0.05) is 29.7 Å². The highest BCUT2D eigenvalue weighted by Gasteiger charge is 2.35. The number of furan rings is 1. The largest absolute Gasteiger partial charge is 0.493 e. The van der Waals surface area contributed by atoms with Crippen LogP contribution in [0.5, 0.6) is 11.5 Å². The molecule has 0 bridgehead atoms. The van der Waals surface area contributed by atoms with Crippen LogP contribution in [0.3, 0.4) is 0 Å². The lowest BCUT2D eigenvalue weighted by Crippen LogP contribution is -2.40. The average molecular weight is 619 g/mol. The molecule has 0 fully saturated rings. The molecule has 0 spiro atoms. The summed E-state index contributed by atoms with van der Waals surface area (Å²) in [6.45, 7) is 11.7. The van der Waals surface area contributed by atoms with Crippen molar-refractivity contribution in [1.29, 1.82) is 0 Å². The first-order valence-corrected chi connectivity index (χ1v) is 14.4. The van der Waals surface area contributed by atoms with Crippen LogP contribution < -0.4 is 29.3 Å². The summed E-state index contributed by atoms with van der Waals surface area (Å²) in [5, 5.41) is 0. The first-order chi connectivity index (χ1) is 18.8. The van der Waals surface area contributed by atoms with Gasteiger partial charge in [0.25, 0.3) is 5.56 Å². The Bertz CT molecular complexity index is 1580. The number of aromatic nitrogens is 1. The molecule has 0 aliphatic carbocycles. The molecular weight excluding hydrogens is 586 g/mol. The number of halogens is 1. The van der Waals surface area contributed by atoms with Crippen molar-refractivity contribution >= 4 is 45.2 Å². The quantitative estimate of drug-likeness (QED) is 0.311. The lowest BCUT2D eigenvalue weighted by molar-refractivity contribution is -0.139. The average Bonchev–Trinajstić information content (AvgIpc) is 3.49. The monoisotopic (exact) mass is 617 g/mol. The minimum Gasteiger partial charge on any atom is -0.493 e. The molecule has 1 atom stereocenters. The summed E-state index contributed by atoms with van der Waals surface area (Å²) in [6, 6.07) is 6.49. The lowest BCUT2D eigenvalue weighted by atomic mass is 9.95. The fourth-order valence-corrected chi connectivity index (χ4v) is 6.09. The van der Waals surface area contributed by atoms with E-state index in [2.05, 4.69) is 39.7 Å². The van der Waals surface area contributed by atoms with Crippen molar-refractivity contribution in [3.05, 3.63) is 71.0 Å². The Morgan fingerprint density at radius 2 is 1.92 bits per heavy atom. The third-order valence-corrected chi connectivity index (χ3v) is 8.03. The number of allylic oxidation sites excluding steroid dienone is 1. The van der Waals surface area contributed by atoms with E-state index in [1.165, 1.54) is 15.9 Å². The number of esters is 1. The molecule has 11 heteroatoms. The van der Waals surface area contributed by atoms with E-state index in [1.807, 2.05) is 19.1 Å². The zero-order valence-electron chi connectivity index (χ0n) is 22.9. The minimum absolute atomic E-state index is 0.188. The summed E-state index contributed by atoms with van der Waals surface area (Å²) in [5.74, 6) is 1.79. The van der Waals surface area contributed by atoms with Crippen LogP contribution in [0.4, 0.5) is 5.88 Å². The number of rotatable bonds is 10. The molecule has 2 aromatic heterocycles.